The number of rotatable bonds is 9. The van der Waals surface area contributed by atoms with E-state index in [0.29, 0.717) is 11.8 Å². The SMILES string of the molecule is C=C1C=CC(CC2CCC(C)CC2)=CC1C(CCC)C1(C)CC=CC(C(N)C(=O)OC(C)C)C1. The van der Waals surface area contributed by atoms with Gasteiger partial charge >= 0.3 is 5.97 Å². The van der Waals surface area contributed by atoms with Crippen LogP contribution < -0.4 is 5.73 Å². The fourth-order valence-corrected chi connectivity index (χ4v) is 6.61. The van der Waals surface area contributed by atoms with Crippen molar-refractivity contribution in [3.63, 3.8) is 0 Å². The third kappa shape index (κ3) is 6.74. The van der Waals surface area contributed by atoms with Crippen LogP contribution in [0.5, 0.6) is 0 Å². The van der Waals surface area contributed by atoms with Gasteiger partial charge in [-0.3, -0.25) is 4.79 Å². The van der Waals surface area contributed by atoms with Gasteiger partial charge in [-0.2, -0.15) is 0 Å². The van der Waals surface area contributed by atoms with E-state index in [0.717, 1.165) is 37.5 Å². The van der Waals surface area contributed by atoms with Gasteiger partial charge in [-0.25, -0.2) is 0 Å². The van der Waals surface area contributed by atoms with Crippen molar-refractivity contribution in [2.45, 2.75) is 105 Å². The molecule has 2 N–H and O–H groups in total. The normalized spacial score (nSPS) is 33.5. The maximum Gasteiger partial charge on any atom is 0.323 e. The maximum atomic E-state index is 12.6. The van der Waals surface area contributed by atoms with Gasteiger partial charge < -0.3 is 10.5 Å². The number of esters is 1. The second-order valence-electron chi connectivity index (χ2n) is 12.1. The summed E-state index contributed by atoms with van der Waals surface area (Å²) in [4.78, 5) is 12.6. The van der Waals surface area contributed by atoms with Gasteiger partial charge in [-0.1, -0.05) is 82.6 Å². The van der Waals surface area contributed by atoms with E-state index < -0.39 is 6.04 Å². The second-order valence-corrected chi connectivity index (χ2v) is 12.1. The molecule has 0 bridgehead atoms. The molecule has 1 saturated carbocycles. The van der Waals surface area contributed by atoms with E-state index in [1.165, 1.54) is 43.3 Å². The molecule has 3 heteroatoms. The first-order valence-corrected chi connectivity index (χ1v) is 13.8. The van der Waals surface area contributed by atoms with Gasteiger partial charge in [0.1, 0.15) is 6.04 Å². The van der Waals surface area contributed by atoms with E-state index in [2.05, 4.69) is 57.7 Å². The smallest absolute Gasteiger partial charge is 0.323 e. The Kier molecular flexibility index (Phi) is 9.43. The zero-order valence-corrected chi connectivity index (χ0v) is 22.4. The Hall–Kier alpha value is -1.61. The summed E-state index contributed by atoms with van der Waals surface area (Å²) in [7, 11) is 0. The minimum absolute atomic E-state index is 0.0180. The molecule has 5 unspecified atom stereocenters. The zero-order valence-electron chi connectivity index (χ0n) is 22.4. The standard InChI is InChI=1S/C31H49NO2/c1-7-9-28(31(6)17-8-10-26(20-31)29(32)30(33)34-21(2)3)27-19-25(16-13-23(27)5)18-24-14-11-22(4)12-15-24/h8,10,13,16,19,21-22,24,26-29H,5,7,9,11-12,14-15,17-18,20,32H2,1-4,6H3. The lowest BCUT2D eigenvalue weighted by Crippen LogP contribution is -2.45. The first-order chi connectivity index (χ1) is 16.1. The molecule has 3 aliphatic carbocycles. The van der Waals surface area contributed by atoms with Crippen LogP contribution in [0.3, 0.4) is 0 Å². The predicted molar refractivity (Wildman–Crippen MR) is 143 cm³/mol. The van der Waals surface area contributed by atoms with Gasteiger partial charge in [0.25, 0.3) is 0 Å². The minimum atomic E-state index is -0.602. The van der Waals surface area contributed by atoms with Gasteiger partial charge in [0, 0.05) is 11.8 Å². The van der Waals surface area contributed by atoms with Gasteiger partial charge in [0.15, 0.2) is 0 Å². The number of carbonyl (C=O) groups excluding carboxylic acids is 1. The quantitative estimate of drug-likeness (QED) is 0.281. The van der Waals surface area contributed by atoms with Gasteiger partial charge in [0.2, 0.25) is 0 Å². The molecule has 0 spiro atoms. The summed E-state index contributed by atoms with van der Waals surface area (Å²) in [6, 6.07) is -0.602. The molecule has 0 saturated heterocycles. The maximum absolute atomic E-state index is 12.6. The van der Waals surface area contributed by atoms with Crippen molar-refractivity contribution < 1.29 is 9.53 Å². The number of carbonyl (C=O) groups is 1. The van der Waals surface area contributed by atoms with E-state index in [-0.39, 0.29) is 23.4 Å². The van der Waals surface area contributed by atoms with E-state index in [4.69, 9.17) is 10.5 Å². The van der Waals surface area contributed by atoms with Gasteiger partial charge in [-0.05, 0) is 81.1 Å². The third-order valence-electron chi connectivity index (χ3n) is 8.68. The van der Waals surface area contributed by atoms with Crippen molar-refractivity contribution in [3.8, 4) is 0 Å². The summed E-state index contributed by atoms with van der Waals surface area (Å²) < 4.78 is 5.44. The molecular weight excluding hydrogens is 418 g/mol. The second kappa shape index (κ2) is 11.9. The highest BCUT2D eigenvalue weighted by atomic mass is 16.5. The van der Waals surface area contributed by atoms with E-state index in [9.17, 15) is 4.79 Å². The first-order valence-electron chi connectivity index (χ1n) is 13.8. The van der Waals surface area contributed by atoms with E-state index >= 15 is 0 Å². The molecule has 5 atom stereocenters. The van der Waals surface area contributed by atoms with Crippen LogP contribution in [0.4, 0.5) is 0 Å². The lowest BCUT2D eigenvalue weighted by molar-refractivity contribution is -0.150. The Morgan fingerprint density at radius 2 is 1.94 bits per heavy atom. The van der Waals surface area contributed by atoms with Crippen LogP contribution in [0.1, 0.15) is 92.4 Å². The molecule has 0 aliphatic heterocycles. The van der Waals surface area contributed by atoms with Crippen LogP contribution in [0.25, 0.3) is 0 Å². The molecule has 0 amide bonds. The van der Waals surface area contributed by atoms with Crippen LogP contribution in [0.2, 0.25) is 0 Å². The highest BCUT2D eigenvalue weighted by Crippen LogP contribution is 2.50. The summed E-state index contributed by atoms with van der Waals surface area (Å²) in [6.07, 6.45) is 22.4. The van der Waals surface area contributed by atoms with Crippen LogP contribution in [-0.2, 0) is 9.53 Å². The molecule has 1 fully saturated rings. The molecule has 0 aromatic rings. The fraction of sp³-hybridized carbons (Fsp3) is 0.710. The molecule has 3 aliphatic rings. The van der Waals surface area contributed by atoms with Gasteiger partial charge in [0.05, 0.1) is 6.10 Å². The largest absolute Gasteiger partial charge is 0.462 e. The van der Waals surface area contributed by atoms with Crippen molar-refractivity contribution in [1.29, 1.82) is 0 Å². The average Bonchev–Trinajstić information content (AvgIpc) is 2.79. The lowest BCUT2D eigenvalue weighted by Gasteiger charge is -2.46. The summed E-state index contributed by atoms with van der Waals surface area (Å²) in [5.41, 5.74) is 9.22. The molecular formula is C31H49NO2. The van der Waals surface area contributed by atoms with Gasteiger partial charge in [-0.15, -0.1) is 0 Å². The Morgan fingerprint density at radius 3 is 2.59 bits per heavy atom. The van der Waals surface area contributed by atoms with E-state index in [1.807, 2.05) is 13.8 Å². The van der Waals surface area contributed by atoms with Crippen LogP contribution in [0, 0.1) is 35.0 Å². The first kappa shape index (κ1) is 27.0. The topological polar surface area (TPSA) is 52.3 Å². The number of hydrogen-bond donors (Lipinski definition) is 1. The zero-order chi connectivity index (χ0) is 24.9. The summed E-state index contributed by atoms with van der Waals surface area (Å²) in [5.74, 6) is 2.30. The monoisotopic (exact) mass is 467 g/mol. The summed E-state index contributed by atoms with van der Waals surface area (Å²) >= 11 is 0. The Balaban J connectivity index is 1.77. The molecule has 0 aromatic heterocycles. The van der Waals surface area contributed by atoms with Crippen molar-refractivity contribution in [2.24, 2.45) is 40.7 Å². The molecule has 0 heterocycles. The van der Waals surface area contributed by atoms with Crippen LogP contribution in [0.15, 0.2) is 48.1 Å². The third-order valence-corrected chi connectivity index (χ3v) is 8.68. The Labute approximate surface area is 209 Å². The van der Waals surface area contributed by atoms with Crippen LogP contribution in [-0.4, -0.2) is 18.1 Å². The highest BCUT2D eigenvalue weighted by Gasteiger charge is 2.43. The molecule has 3 nitrogen and oxygen atoms in total. The van der Waals surface area contributed by atoms with Crippen LogP contribution >= 0.6 is 0 Å². The summed E-state index contributed by atoms with van der Waals surface area (Å²) in [6.45, 7) is 15.3. The lowest BCUT2D eigenvalue weighted by atomic mass is 9.59. The molecule has 0 radical (unpaired) electrons. The molecule has 190 valence electrons. The number of allylic oxidation sites excluding steroid dienone is 6. The van der Waals surface area contributed by atoms with Crippen molar-refractivity contribution in [2.75, 3.05) is 0 Å². The number of hydrogen-bond acceptors (Lipinski definition) is 3. The minimum Gasteiger partial charge on any atom is -0.462 e. The predicted octanol–water partition coefficient (Wildman–Crippen LogP) is 7.54. The number of nitrogens with two attached hydrogens (primary N) is 1. The summed E-state index contributed by atoms with van der Waals surface area (Å²) in [5, 5.41) is 0. The highest BCUT2D eigenvalue weighted by molar-refractivity contribution is 5.76. The van der Waals surface area contributed by atoms with E-state index in [1.54, 1.807) is 0 Å². The Morgan fingerprint density at radius 1 is 1.24 bits per heavy atom. The number of ether oxygens (including phenoxy) is 1. The van der Waals surface area contributed by atoms with Crippen molar-refractivity contribution >= 4 is 5.97 Å². The fourth-order valence-electron chi connectivity index (χ4n) is 6.61. The molecule has 3 rings (SSSR count). The average molecular weight is 468 g/mol. The molecule has 0 aromatic carbocycles. The van der Waals surface area contributed by atoms with Crippen molar-refractivity contribution in [1.82, 2.24) is 0 Å². The Bertz CT molecular complexity index is 798. The molecule has 34 heavy (non-hydrogen) atoms. The van der Waals surface area contributed by atoms with Crippen molar-refractivity contribution in [3.05, 3.63) is 48.1 Å².